The van der Waals surface area contributed by atoms with Gasteiger partial charge < -0.3 is 14.9 Å². The molecule has 0 radical (unpaired) electrons. The van der Waals surface area contributed by atoms with Crippen molar-refractivity contribution in [1.29, 1.82) is 0 Å². The lowest BCUT2D eigenvalue weighted by Crippen LogP contribution is -2.32. The normalized spacial score (nSPS) is 24.5. The molecule has 15 heavy (non-hydrogen) atoms. The molecule has 2 N–H and O–H groups in total. The number of rotatable bonds is 4. The van der Waals surface area contributed by atoms with Crippen LogP contribution < -0.4 is 5.73 Å². The molecule has 2 unspecified atom stereocenters. The van der Waals surface area contributed by atoms with Gasteiger partial charge in [-0.25, -0.2) is 0 Å². The first kappa shape index (κ1) is 10.7. The predicted octanol–water partition coefficient (Wildman–Crippen LogP) is 1.00. The van der Waals surface area contributed by atoms with Crippen molar-refractivity contribution in [2.75, 3.05) is 26.7 Å². The Morgan fingerprint density at radius 2 is 2.60 bits per heavy atom. The summed E-state index contributed by atoms with van der Waals surface area (Å²) in [5, 5.41) is 0. The zero-order chi connectivity index (χ0) is 10.7. The molecule has 1 aromatic heterocycles. The molecule has 1 aromatic rings. The van der Waals surface area contributed by atoms with Gasteiger partial charge in [0, 0.05) is 32.3 Å². The molecule has 1 aliphatic rings. The predicted molar refractivity (Wildman–Crippen MR) is 57.5 cm³/mol. The highest BCUT2D eigenvalue weighted by atomic mass is 16.5. The number of methoxy groups -OCH3 is 1. The Kier molecular flexibility index (Phi) is 3.41. The van der Waals surface area contributed by atoms with E-state index in [4.69, 9.17) is 14.9 Å². The second kappa shape index (κ2) is 4.79. The van der Waals surface area contributed by atoms with Crippen molar-refractivity contribution in [3.8, 4) is 0 Å². The van der Waals surface area contributed by atoms with E-state index in [1.165, 1.54) is 0 Å². The van der Waals surface area contributed by atoms with Crippen LogP contribution in [0.25, 0.3) is 0 Å². The number of ether oxygens (including phenoxy) is 1. The highest BCUT2D eigenvalue weighted by Gasteiger charge is 2.28. The van der Waals surface area contributed by atoms with Crippen LogP contribution in [-0.2, 0) is 4.74 Å². The molecule has 1 saturated heterocycles. The Morgan fingerprint density at radius 1 is 1.73 bits per heavy atom. The molecule has 4 nitrogen and oxygen atoms in total. The average molecular weight is 210 g/mol. The van der Waals surface area contributed by atoms with Crippen molar-refractivity contribution >= 4 is 0 Å². The largest absolute Gasteiger partial charge is 0.472 e. The lowest BCUT2D eigenvalue weighted by atomic mass is 10.1. The first-order valence-corrected chi connectivity index (χ1v) is 5.34. The average Bonchev–Trinajstić information content (AvgIpc) is 2.89. The van der Waals surface area contributed by atoms with Gasteiger partial charge in [0.1, 0.15) is 0 Å². The number of nitrogens with zero attached hydrogens (tertiary/aromatic N) is 1. The van der Waals surface area contributed by atoms with Crippen LogP contribution in [0.2, 0.25) is 0 Å². The van der Waals surface area contributed by atoms with Crippen molar-refractivity contribution in [2.24, 2.45) is 5.73 Å². The van der Waals surface area contributed by atoms with Gasteiger partial charge in [-0.05, 0) is 12.5 Å². The van der Waals surface area contributed by atoms with Crippen LogP contribution in [0.15, 0.2) is 23.0 Å². The lowest BCUT2D eigenvalue weighted by Gasteiger charge is -2.25. The molecule has 2 rings (SSSR count). The van der Waals surface area contributed by atoms with Gasteiger partial charge in [-0.3, -0.25) is 4.90 Å². The summed E-state index contributed by atoms with van der Waals surface area (Å²) in [7, 11) is 1.77. The van der Waals surface area contributed by atoms with Crippen LogP contribution >= 0.6 is 0 Å². The van der Waals surface area contributed by atoms with Crippen LogP contribution in [0.1, 0.15) is 18.0 Å². The Bertz CT molecular complexity index is 287. The number of furan rings is 1. The lowest BCUT2D eigenvalue weighted by molar-refractivity contribution is 0.101. The SMILES string of the molecule is COC1CCN(C(CN)c2ccoc2)C1. The number of hydrogen-bond acceptors (Lipinski definition) is 4. The number of hydrogen-bond donors (Lipinski definition) is 1. The third-order valence-corrected chi connectivity index (χ3v) is 3.10. The monoisotopic (exact) mass is 210 g/mol. The molecule has 0 spiro atoms. The minimum atomic E-state index is 0.267. The van der Waals surface area contributed by atoms with Crippen molar-refractivity contribution < 1.29 is 9.15 Å². The third-order valence-electron chi connectivity index (χ3n) is 3.10. The fourth-order valence-corrected chi connectivity index (χ4v) is 2.19. The van der Waals surface area contributed by atoms with E-state index < -0.39 is 0 Å². The fraction of sp³-hybridized carbons (Fsp3) is 0.636. The van der Waals surface area contributed by atoms with E-state index in [-0.39, 0.29) is 6.04 Å². The van der Waals surface area contributed by atoms with Crippen LogP contribution in [0.3, 0.4) is 0 Å². The van der Waals surface area contributed by atoms with E-state index in [1.54, 1.807) is 19.6 Å². The summed E-state index contributed by atoms with van der Waals surface area (Å²) in [6.07, 6.45) is 4.91. The van der Waals surface area contributed by atoms with E-state index in [0.29, 0.717) is 12.6 Å². The van der Waals surface area contributed by atoms with Crippen LogP contribution in [0, 0.1) is 0 Å². The minimum Gasteiger partial charge on any atom is -0.472 e. The maximum Gasteiger partial charge on any atom is 0.0950 e. The first-order chi connectivity index (χ1) is 7.35. The van der Waals surface area contributed by atoms with E-state index in [0.717, 1.165) is 25.1 Å². The van der Waals surface area contributed by atoms with Gasteiger partial charge in [0.25, 0.3) is 0 Å². The van der Waals surface area contributed by atoms with Crippen molar-refractivity contribution in [3.63, 3.8) is 0 Å². The molecule has 0 aromatic carbocycles. The molecule has 1 fully saturated rings. The molecule has 4 heteroatoms. The van der Waals surface area contributed by atoms with Crippen molar-refractivity contribution in [2.45, 2.75) is 18.6 Å². The van der Waals surface area contributed by atoms with Gasteiger partial charge >= 0.3 is 0 Å². The zero-order valence-electron chi connectivity index (χ0n) is 9.06. The molecule has 2 heterocycles. The van der Waals surface area contributed by atoms with Crippen molar-refractivity contribution in [3.05, 3.63) is 24.2 Å². The molecule has 84 valence electrons. The van der Waals surface area contributed by atoms with Gasteiger partial charge in [-0.15, -0.1) is 0 Å². The van der Waals surface area contributed by atoms with Gasteiger partial charge in [-0.2, -0.15) is 0 Å². The Hall–Kier alpha value is -0.840. The highest BCUT2D eigenvalue weighted by Crippen LogP contribution is 2.25. The molecule has 0 bridgehead atoms. The van der Waals surface area contributed by atoms with Gasteiger partial charge in [0.2, 0.25) is 0 Å². The summed E-state index contributed by atoms with van der Waals surface area (Å²) < 4.78 is 10.4. The second-order valence-corrected chi connectivity index (χ2v) is 3.95. The van der Waals surface area contributed by atoms with Crippen molar-refractivity contribution in [1.82, 2.24) is 4.90 Å². The van der Waals surface area contributed by atoms with Gasteiger partial charge in [0.15, 0.2) is 0 Å². The standard InChI is InChI=1S/C11H18N2O2/c1-14-10-2-4-13(7-10)11(6-12)9-3-5-15-8-9/h3,5,8,10-11H,2,4,6-7,12H2,1H3. The van der Waals surface area contributed by atoms with E-state index in [9.17, 15) is 0 Å². The maximum atomic E-state index is 5.81. The Morgan fingerprint density at radius 3 is 3.13 bits per heavy atom. The summed E-state index contributed by atoms with van der Waals surface area (Å²) in [4.78, 5) is 2.36. The summed E-state index contributed by atoms with van der Waals surface area (Å²) in [6.45, 7) is 2.63. The minimum absolute atomic E-state index is 0.267. The first-order valence-electron chi connectivity index (χ1n) is 5.34. The van der Waals surface area contributed by atoms with E-state index in [1.807, 2.05) is 6.07 Å². The number of nitrogens with two attached hydrogens (primary N) is 1. The molecule has 0 amide bonds. The Balaban J connectivity index is 2.02. The zero-order valence-corrected chi connectivity index (χ0v) is 9.06. The summed E-state index contributed by atoms with van der Waals surface area (Å²) in [6, 6.07) is 2.25. The fourth-order valence-electron chi connectivity index (χ4n) is 2.19. The third kappa shape index (κ3) is 2.22. The van der Waals surface area contributed by atoms with Crippen LogP contribution in [-0.4, -0.2) is 37.7 Å². The topological polar surface area (TPSA) is 51.6 Å². The van der Waals surface area contributed by atoms with Crippen LogP contribution in [0.4, 0.5) is 0 Å². The maximum absolute atomic E-state index is 5.81. The molecule has 2 atom stereocenters. The molecule has 0 aliphatic carbocycles. The summed E-state index contributed by atoms with van der Waals surface area (Å²) in [5.74, 6) is 0. The second-order valence-electron chi connectivity index (χ2n) is 3.95. The summed E-state index contributed by atoms with van der Waals surface area (Å²) >= 11 is 0. The number of likely N-dealkylation sites (tertiary alicyclic amines) is 1. The van der Waals surface area contributed by atoms with Gasteiger partial charge in [0.05, 0.1) is 24.7 Å². The molecule has 0 saturated carbocycles. The van der Waals surface area contributed by atoms with Gasteiger partial charge in [-0.1, -0.05) is 0 Å². The van der Waals surface area contributed by atoms with E-state index >= 15 is 0 Å². The highest BCUT2D eigenvalue weighted by molar-refractivity contribution is 5.13. The molecular weight excluding hydrogens is 192 g/mol. The summed E-state index contributed by atoms with van der Waals surface area (Å²) in [5.41, 5.74) is 6.97. The quantitative estimate of drug-likeness (QED) is 0.805. The van der Waals surface area contributed by atoms with Crippen LogP contribution in [0.5, 0.6) is 0 Å². The smallest absolute Gasteiger partial charge is 0.0950 e. The Labute approximate surface area is 90.0 Å². The van der Waals surface area contributed by atoms with E-state index in [2.05, 4.69) is 4.90 Å². The molecule has 1 aliphatic heterocycles. The molecular formula is C11H18N2O2.